The van der Waals surface area contributed by atoms with E-state index in [1.54, 1.807) is 19.1 Å². The van der Waals surface area contributed by atoms with E-state index in [4.69, 9.17) is 5.73 Å². The monoisotopic (exact) mass is 225 g/mol. The van der Waals surface area contributed by atoms with Crippen molar-refractivity contribution in [3.05, 3.63) is 29.8 Å². The smallest absolute Gasteiger partial charge is 0.251 e. The number of anilines is 1. The van der Waals surface area contributed by atoms with Gasteiger partial charge in [0.05, 0.1) is 0 Å². The first kappa shape index (κ1) is 11.4. The van der Waals surface area contributed by atoms with Gasteiger partial charge in [0.25, 0.3) is 5.92 Å². The number of hydrogen-bond donors (Lipinski definition) is 1. The van der Waals surface area contributed by atoms with E-state index in [9.17, 15) is 8.78 Å². The minimum atomic E-state index is -2.52. The summed E-state index contributed by atoms with van der Waals surface area (Å²) < 4.78 is 27.2. The van der Waals surface area contributed by atoms with Gasteiger partial charge in [0.15, 0.2) is 0 Å². The first-order valence-electron chi connectivity index (χ1n) is 5.72. The second kappa shape index (κ2) is 4.04. The number of halogens is 2. The van der Waals surface area contributed by atoms with Crippen molar-refractivity contribution in [3.63, 3.8) is 0 Å². The lowest BCUT2D eigenvalue weighted by Crippen LogP contribution is -2.33. The molecule has 2 N–H and O–H groups in total. The normalized spacial score (nSPS) is 28.9. The lowest BCUT2D eigenvalue weighted by Gasteiger charge is -2.34. The molecule has 1 saturated carbocycles. The van der Waals surface area contributed by atoms with Crippen molar-refractivity contribution in [2.45, 2.75) is 38.0 Å². The predicted octanol–water partition coefficient (Wildman–Crippen LogP) is 3.81. The van der Waals surface area contributed by atoms with Crippen molar-refractivity contribution >= 4 is 5.69 Å². The molecule has 2 atom stereocenters. The van der Waals surface area contributed by atoms with Crippen LogP contribution in [0, 0.1) is 5.92 Å². The van der Waals surface area contributed by atoms with Gasteiger partial charge in [-0.2, -0.15) is 0 Å². The fourth-order valence-electron chi connectivity index (χ4n) is 2.35. The quantitative estimate of drug-likeness (QED) is 0.723. The summed E-state index contributed by atoms with van der Waals surface area (Å²) in [5, 5.41) is 0. The van der Waals surface area contributed by atoms with Crippen LogP contribution in [0.5, 0.6) is 0 Å². The van der Waals surface area contributed by atoms with Gasteiger partial charge in [0.2, 0.25) is 0 Å². The Morgan fingerprint density at radius 1 is 1.19 bits per heavy atom. The molecule has 16 heavy (non-hydrogen) atoms. The first-order valence-corrected chi connectivity index (χ1v) is 5.72. The molecule has 1 aromatic carbocycles. The molecule has 0 aliphatic heterocycles. The Morgan fingerprint density at radius 2 is 1.81 bits per heavy atom. The SMILES string of the molecule is CC1CCC(c2ccc(N)cc2)CC1(F)F. The molecule has 2 rings (SSSR count). The maximum Gasteiger partial charge on any atom is 0.251 e. The molecule has 1 aromatic rings. The fraction of sp³-hybridized carbons (Fsp3) is 0.538. The van der Waals surface area contributed by atoms with Gasteiger partial charge >= 0.3 is 0 Å². The van der Waals surface area contributed by atoms with E-state index in [2.05, 4.69) is 0 Å². The largest absolute Gasteiger partial charge is 0.399 e. The first-order chi connectivity index (χ1) is 7.49. The van der Waals surface area contributed by atoms with E-state index in [0.717, 1.165) is 12.0 Å². The predicted molar refractivity (Wildman–Crippen MR) is 61.6 cm³/mol. The molecule has 0 aromatic heterocycles. The number of nitrogens with two attached hydrogens (primary N) is 1. The number of nitrogen functional groups attached to an aromatic ring is 1. The number of alkyl halides is 2. The molecule has 1 nitrogen and oxygen atoms in total. The zero-order valence-corrected chi connectivity index (χ0v) is 9.42. The highest BCUT2D eigenvalue weighted by Gasteiger charge is 2.42. The third kappa shape index (κ3) is 2.18. The highest BCUT2D eigenvalue weighted by molar-refractivity contribution is 5.40. The van der Waals surface area contributed by atoms with Crippen LogP contribution in [0.3, 0.4) is 0 Å². The third-order valence-electron chi connectivity index (χ3n) is 3.60. The van der Waals surface area contributed by atoms with Crippen LogP contribution < -0.4 is 5.73 Å². The summed E-state index contributed by atoms with van der Waals surface area (Å²) >= 11 is 0. The molecule has 0 heterocycles. The molecule has 0 bridgehead atoms. The van der Waals surface area contributed by atoms with Gasteiger partial charge in [-0.1, -0.05) is 19.1 Å². The van der Waals surface area contributed by atoms with E-state index >= 15 is 0 Å². The minimum absolute atomic E-state index is 0.0215. The Morgan fingerprint density at radius 3 is 2.38 bits per heavy atom. The minimum Gasteiger partial charge on any atom is -0.399 e. The second-order valence-corrected chi connectivity index (χ2v) is 4.81. The lowest BCUT2D eigenvalue weighted by atomic mass is 9.77. The van der Waals surface area contributed by atoms with Crippen molar-refractivity contribution in [1.29, 1.82) is 0 Å². The highest BCUT2D eigenvalue weighted by Crippen LogP contribution is 2.45. The van der Waals surface area contributed by atoms with Crippen molar-refractivity contribution in [2.75, 3.05) is 5.73 Å². The molecular formula is C13H17F2N. The van der Waals surface area contributed by atoms with Crippen LogP contribution in [-0.2, 0) is 0 Å². The third-order valence-corrected chi connectivity index (χ3v) is 3.60. The van der Waals surface area contributed by atoms with Crippen LogP contribution in [0.2, 0.25) is 0 Å². The van der Waals surface area contributed by atoms with Gasteiger partial charge < -0.3 is 5.73 Å². The standard InChI is InChI=1S/C13H17F2N/c1-9-2-3-11(8-13(9,14)15)10-4-6-12(16)7-5-10/h4-7,9,11H,2-3,8,16H2,1H3. The highest BCUT2D eigenvalue weighted by atomic mass is 19.3. The fourth-order valence-corrected chi connectivity index (χ4v) is 2.35. The van der Waals surface area contributed by atoms with E-state index in [-0.39, 0.29) is 12.3 Å². The van der Waals surface area contributed by atoms with Crippen LogP contribution in [0.15, 0.2) is 24.3 Å². The molecule has 88 valence electrons. The van der Waals surface area contributed by atoms with Crippen molar-refractivity contribution in [2.24, 2.45) is 5.92 Å². The average Bonchev–Trinajstić information content (AvgIpc) is 2.23. The summed E-state index contributed by atoms with van der Waals surface area (Å²) in [5.41, 5.74) is 7.25. The van der Waals surface area contributed by atoms with Gasteiger partial charge in [-0.15, -0.1) is 0 Å². The molecular weight excluding hydrogens is 208 g/mol. The molecule has 3 heteroatoms. The molecule has 1 fully saturated rings. The topological polar surface area (TPSA) is 26.0 Å². The van der Waals surface area contributed by atoms with Gasteiger partial charge in [0, 0.05) is 18.0 Å². The van der Waals surface area contributed by atoms with E-state index in [0.29, 0.717) is 12.1 Å². The Labute approximate surface area is 94.7 Å². The van der Waals surface area contributed by atoms with E-state index in [1.807, 2.05) is 12.1 Å². The molecule has 0 saturated heterocycles. The van der Waals surface area contributed by atoms with Gasteiger partial charge in [-0.3, -0.25) is 0 Å². The van der Waals surface area contributed by atoms with Crippen LogP contribution in [0.1, 0.15) is 37.7 Å². The molecule has 1 aliphatic carbocycles. The molecule has 0 radical (unpaired) electrons. The van der Waals surface area contributed by atoms with Gasteiger partial charge in [-0.05, 0) is 36.5 Å². The molecule has 1 aliphatic rings. The summed E-state index contributed by atoms with van der Waals surface area (Å²) in [6, 6.07) is 7.30. The summed E-state index contributed by atoms with van der Waals surface area (Å²) in [5.74, 6) is -3.03. The summed E-state index contributed by atoms with van der Waals surface area (Å²) in [4.78, 5) is 0. The van der Waals surface area contributed by atoms with Crippen molar-refractivity contribution in [3.8, 4) is 0 Å². The Balaban J connectivity index is 2.14. The van der Waals surface area contributed by atoms with Gasteiger partial charge in [0.1, 0.15) is 0 Å². The number of benzene rings is 1. The lowest BCUT2D eigenvalue weighted by molar-refractivity contribution is -0.0848. The van der Waals surface area contributed by atoms with E-state index in [1.165, 1.54) is 0 Å². The van der Waals surface area contributed by atoms with Crippen molar-refractivity contribution in [1.82, 2.24) is 0 Å². The molecule has 0 amide bonds. The number of hydrogen-bond acceptors (Lipinski definition) is 1. The van der Waals surface area contributed by atoms with Crippen LogP contribution in [0.25, 0.3) is 0 Å². The zero-order chi connectivity index (χ0) is 11.8. The van der Waals surface area contributed by atoms with Crippen molar-refractivity contribution < 1.29 is 8.78 Å². The average molecular weight is 225 g/mol. The summed E-state index contributed by atoms with van der Waals surface area (Å²) in [6.07, 6.45) is 1.42. The van der Waals surface area contributed by atoms with Crippen LogP contribution in [-0.4, -0.2) is 5.92 Å². The zero-order valence-electron chi connectivity index (χ0n) is 9.42. The maximum absolute atomic E-state index is 13.6. The Bertz CT molecular complexity index is 359. The summed E-state index contributed by atoms with van der Waals surface area (Å²) in [6.45, 7) is 1.64. The molecule has 0 spiro atoms. The number of rotatable bonds is 1. The maximum atomic E-state index is 13.6. The van der Waals surface area contributed by atoms with Crippen LogP contribution >= 0.6 is 0 Å². The molecule has 2 unspecified atom stereocenters. The Kier molecular flexibility index (Phi) is 2.87. The Hall–Kier alpha value is -1.12. The second-order valence-electron chi connectivity index (χ2n) is 4.81. The van der Waals surface area contributed by atoms with Crippen LogP contribution in [0.4, 0.5) is 14.5 Å². The van der Waals surface area contributed by atoms with Gasteiger partial charge in [-0.25, -0.2) is 8.78 Å². The van der Waals surface area contributed by atoms with E-state index < -0.39 is 11.8 Å². The summed E-state index contributed by atoms with van der Waals surface area (Å²) in [7, 11) is 0.